The highest BCUT2D eigenvalue weighted by atomic mass is 35.5. The first-order valence-corrected chi connectivity index (χ1v) is 14.4. The maximum Gasteiger partial charge on any atom is 0.119 e. The molecule has 1 atom stereocenters. The van der Waals surface area contributed by atoms with Gasteiger partial charge in [0, 0.05) is 23.0 Å². The summed E-state index contributed by atoms with van der Waals surface area (Å²) in [6.45, 7) is 7.35. The van der Waals surface area contributed by atoms with Crippen molar-refractivity contribution in [1.29, 1.82) is 0 Å². The molecule has 0 spiro atoms. The topological polar surface area (TPSA) is 35.2 Å². The van der Waals surface area contributed by atoms with Crippen molar-refractivity contribution in [3.63, 3.8) is 0 Å². The normalized spacial score (nSPS) is 16.5. The number of methoxy groups -OCH3 is 1. The van der Waals surface area contributed by atoms with Crippen molar-refractivity contribution in [2.75, 3.05) is 7.11 Å². The average molecular weight is 534 g/mol. The van der Waals surface area contributed by atoms with E-state index in [4.69, 9.17) is 22.1 Å². The van der Waals surface area contributed by atoms with Crippen LogP contribution in [0, 0.1) is 6.92 Å². The van der Waals surface area contributed by atoms with Gasteiger partial charge in [-0.1, -0.05) is 79.6 Å². The van der Waals surface area contributed by atoms with E-state index in [1.807, 2.05) is 18.2 Å². The zero-order valence-corrected chi connectivity index (χ0v) is 24.0. The molecule has 2 aliphatic rings. The first-order valence-electron chi connectivity index (χ1n) is 14.0. The number of nitrogens with two attached hydrogens (primary N) is 1. The van der Waals surface area contributed by atoms with Gasteiger partial charge in [0.1, 0.15) is 5.75 Å². The molecule has 0 amide bonds. The van der Waals surface area contributed by atoms with Crippen LogP contribution in [0.3, 0.4) is 0 Å². The third-order valence-electron chi connectivity index (χ3n) is 8.67. The second-order valence-electron chi connectivity index (χ2n) is 11.3. The Balaban J connectivity index is 1.55. The second kappa shape index (κ2) is 10.3. The maximum absolute atomic E-state index is 6.65. The lowest BCUT2D eigenvalue weighted by atomic mass is 9.70. The van der Waals surface area contributed by atoms with Crippen molar-refractivity contribution in [3.8, 4) is 16.9 Å². The molecule has 0 aliphatic heterocycles. The molecule has 2 nitrogen and oxygen atoms in total. The van der Waals surface area contributed by atoms with Crippen molar-refractivity contribution in [1.82, 2.24) is 0 Å². The van der Waals surface area contributed by atoms with Gasteiger partial charge in [-0.15, -0.1) is 0 Å². The molecular formula is C36H36ClNO. The number of hydrogen-bond donors (Lipinski definition) is 1. The molecule has 0 aromatic heterocycles. The van der Waals surface area contributed by atoms with E-state index in [2.05, 4.69) is 75.4 Å². The molecule has 6 rings (SSSR count). The molecule has 2 aliphatic carbocycles. The van der Waals surface area contributed by atoms with Gasteiger partial charge in [0.25, 0.3) is 0 Å². The molecule has 0 heterocycles. The van der Waals surface area contributed by atoms with Crippen molar-refractivity contribution in [2.45, 2.75) is 58.4 Å². The molecule has 0 fully saturated rings. The van der Waals surface area contributed by atoms with E-state index in [-0.39, 0.29) is 0 Å². The van der Waals surface area contributed by atoms with Crippen LogP contribution in [0.5, 0.6) is 5.75 Å². The smallest absolute Gasteiger partial charge is 0.119 e. The van der Waals surface area contributed by atoms with Crippen LogP contribution >= 0.6 is 11.6 Å². The Labute approximate surface area is 237 Å². The Morgan fingerprint density at radius 3 is 2.62 bits per heavy atom. The Bertz CT molecular complexity index is 1660. The molecule has 4 aromatic carbocycles. The number of ether oxygens (including phenoxy) is 1. The largest absolute Gasteiger partial charge is 0.497 e. The molecule has 198 valence electrons. The van der Waals surface area contributed by atoms with Crippen LogP contribution in [-0.4, -0.2) is 7.11 Å². The number of fused-ring (bicyclic) bond motifs is 4. The van der Waals surface area contributed by atoms with Crippen LogP contribution in [0.2, 0.25) is 5.02 Å². The van der Waals surface area contributed by atoms with Gasteiger partial charge in [0.15, 0.2) is 0 Å². The number of aryl methyl sites for hydroxylation is 1. The molecule has 4 aromatic rings. The molecule has 3 heteroatoms. The van der Waals surface area contributed by atoms with Crippen molar-refractivity contribution in [3.05, 3.63) is 117 Å². The van der Waals surface area contributed by atoms with Gasteiger partial charge in [0.05, 0.1) is 7.11 Å². The van der Waals surface area contributed by atoms with E-state index < -0.39 is 0 Å². The third kappa shape index (κ3) is 4.50. The van der Waals surface area contributed by atoms with Gasteiger partial charge >= 0.3 is 0 Å². The predicted molar refractivity (Wildman–Crippen MR) is 166 cm³/mol. The fraction of sp³-hybridized carbons (Fsp3) is 0.278. The van der Waals surface area contributed by atoms with E-state index in [1.54, 1.807) is 12.7 Å². The SMILES string of the molecule is COc1ccc(Cl)c(-c2cc(C)c3c4c(ccc3c2)C2=C(CCC=C2)C(c2cc(C(C)C)ccc2CN)C4)c1. The van der Waals surface area contributed by atoms with Crippen LogP contribution in [0.1, 0.15) is 71.9 Å². The number of benzene rings is 4. The highest BCUT2D eigenvalue weighted by Gasteiger charge is 2.31. The molecule has 0 saturated heterocycles. The van der Waals surface area contributed by atoms with E-state index in [9.17, 15) is 0 Å². The van der Waals surface area contributed by atoms with E-state index in [0.29, 0.717) is 18.4 Å². The number of allylic oxidation sites excluding steroid dienone is 4. The monoisotopic (exact) mass is 533 g/mol. The number of rotatable bonds is 5. The summed E-state index contributed by atoms with van der Waals surface area (Å²) in [5.41, 5.74) is 19.6. The van der Waals surface area contributed by atoms with Crippen LogP contribution < -0.4 is 10.5 Å². The highest BCUT2D eigenvalue weighted by molar-refractivity contribution is 6.33. The summed E-state index contributed by atoms with van der Waals surface area (Å²) in [6.07, 6.45) is 7.90. The van der Waals surface area contributed by atoms with E-state index in [0.717, 1.165) is 41.2 Å². The summed E-state index contributed by atoms with van der Waals surface area (Å²) in [6, 6.07) is 22.0. The Morgan fingerprint density at radius 1 is 1.00 bits per heavy atom. The maximum atomic E-state index is 6.65. The first kappa shape index (κ1) is 25.9. The minimum Gasteiger partial charge on any atom is -0.497 e. The van der Waals surface area contributed by atoms with Crippen molar-refractivity contribution < 1.29 is 4.74 Å². The minimum absolute atomic E-state index is 0.340. The highest BCUT2D eigenvalue weighted by Crippen LogP contribution is 2.48. The minimum atomic E-state index is 0.340. The van der Waals surface area contributed by atoms with Crippen molar-refractivity contribution in [2.24, 2.45) is 5.73 Å². The standard InChI is InChI=1S/C36H36ClNO/c1-21(2)23-9-10-25(20-38)31(17-23)33-19-34-30(28-7-5-6-8-29(28)33)13-11-24-16-26(15-22(3)36(24)34)32-18-27(39-4)12-14-35(32)37/h5,7,9-18,21,33H,6,8,19-20,38H2,1-4H3. The van der Waals surface area contributed by atoms with Crippen LogP contribution in [0.15, 0.2) is 78.4 Å². The average Bonchev–Trinajstić information content (AvgIpc) is 2.96. The molecule has 0 radical (unpaired) electrons. The lowest BCUT2D eigenvalue weighted by Crippen LogP contribution is -2.19. The second-order valence-corrected chi connectivity index (χ2v) is 11.7. The van der Waals surface area contributed by atoms with Gasteiger partial charge in [-0.05, 0) is 112 Å². The van der Waals surface area contributed by atoms with Gasteiger partial charge in [-0.2, -0.15) is 0 Å². The van der Waals surface area contributed by atoms with Gasteiger partial charge < -0.3 is 10.5 Å². The Kier molecular flexibility index (Phi) is 6.87. The summed E-state index contributed by atoms with van der Waals surface area (Å²) in [7, 11) is 1.69. The molecule has 0 saturated carbocycles. The zero-order valence-electron chi connectivity index (χ0n) is 23.3. The summed E-state index contributed by atoms with van der Waals surface area (Å²) in [5, 5.41) is 3.34. The zero-order chi connectivity index (χ0) is 27.3. The summed E-state index contributed by atoms with van der Waals surface area (Å²) < 4.78 is 5.49. The van der Waals surface area contributed by atoms with Crippen LogP contribution in [0.4, 0.5) is 0 Å². The van der Waals surface area contributed by atoms with Gasteiger partial charge in [-0.25, -0.2) is 0 Å². The van der Waals surface area contributed by atoms with Crippen LogP contribution in [0.25, 0.3) is 27.5 Å². The predicted octanol–water partition coefficient (Wildman–Crippen LogP) is 9.50. The van der Waals surface area contributed by atoms with Gasteiger partial charge in [0.2, 0.25) is 0 Å². The summed E-state index contributed by atoms with van der Waals surface area (Å²) >= 11 is 6.65. The summed E-state index contributed by atoms with van der Waals surface area (Å²) in [5.74, 6) is 1.63. The van der Waals surface area contributed by atoms with E-state index >= 15 is 0 Å². The third-order valence-corrected chi connectivity index (χ3v) is 9.00. The summed E-state index contributed by atoms with van der Waals surface area (Å²) in [4.78, 5) is 0. The van der Waals surface area contributed by atoms with Crippen molar-refractivity contribution >= 4 is 27.9 Å². The fourth-order valence-electron chi connectivity index (χ4n) is 6.65. The molecular weight excluding hydrogens is 498 g/mol. The Hall–Kier alpha value is -3.33. The first-order chi connectivity index (χ1) is 18.9. The lowest BCUT2D eigenvalue weighted by molar-refractivity contribution is 0.415. The molecule has 1 unspecified atom stereocenters. The number of halogens is 1. The molecule has 2 N–H and O–H groups in total. The number of hydrogen-bond acceptors (Lipinski definition) is 2. The quantitative estimate of drug-likeness (QED) is 0.277. The van der Waals surface area contributed by atoms with Gasteiger partial charge in [-0.3, -0.25) is 0 Å². The molecule has 39 heavy (non-hydrogen) atoms. The Morgan fingerprint density at radius 2 is 1.85 bits per heavy atom. The lowest BCUT2D eigenvalue weighted by Gasteiger charge is -2.34. The molecule has 0 bridgehead atoms. The van der Waals surface area contributed by atoms with Crippen LogP contribution in [-0.2, 0) is 13.0 Å². The van der Waals surface area contributed by atoms with E-state index in [1.165, 1.54) is 49.7 Å². The fourth-order valence-corrected chi connectivity index (χ4v) is 6.88.